The highest BCUT2D eigenvalue weighted by molar-refractivity contribution is 6.32. The van der Waals surface area contributed by atoms with Crippen molar-refractivity contribution < 1.29 is 22.0 Å². The van der Waals surface area contributed by atoms with Gasteiger partial charge in [0.1, 0.15) is 11.8 Å². The van der Waals surface area contributed by atoms with Crippen molar-refractivity contribution in [2.45, 2.75) is 19.1 Å². The molecule has 7 nitrogen and oxygen atoms in total. The van der Waals surface area contributed by atoms with Gasteiger partial charge in [0.2, 0.25) is 0 Å². The summed E-state index contributed by atoms with van der Waals surface area (Å²) in [5.41, 5.74) is -0.950. The number of oxazole rings is 1. The van der Waals surface area contributed by atoms with Crippen molar-refractivity contribution in [3.8, 4) is 5.82 Å². The predicted octanol–water partition coefficient (Wildman–Crippen LogP) is 4.79. The van der Waals surface area contributed by atoms with Crippen LogP contribution in [0.5, 0.6) is 0 Å². The molecule has 0 aliphatic heterocycles. The van der Waals surface area contributed by atoms with Crippen molar-refractivity contribution in [2.75, 3.05) is 5.32 Å². The van der Waals surface area contributed by atoms with Gasteiger partial charge in [-0.1, -0.05) is 11.6 Å². The lowest BCUT2D eigenvalue weighted by Crippen LogP contribution is -2.15. The molecule has 1 atom stereocenters. The molecule has 0 fully saturated rings. The molecule has 3 heterocycles. The number of pyridine rings is 1. The van der Waals surface area contributed by atoms with E-state index in [1.54, 1.807) is 6.92 Å². The summed E-state index contributed by atoms with van der Waals surface area (Å²) in [4.78, 5) is 12.0. The van der Waals surface area contributed by atoms with Gasteiger partial charge in [-0.05, 0) is 25.1 Å². The molecular formula is C17H11ClF4N6O. The third-order valence-electron chi connectivity index (χ3n) is 4.02. The van der Waals surface area contributed by atoms with E-state index in [-0.39, 0.29) is 22.9 Å². The average molecular weight is 427 g/mol. The SMILES string of the molecule is C[C@H](Nc1nc2cc(C(F)(F)F)c(Cl)cc2o1)c1ncnn1-c1ncccc1F. The van der Waals surface area contributed by atoms with E-state index in [2.05, 4.69) is 25.4 Å². The van der Waals surface area contributed by atoms with Gasteiger partial charge in [-0.25, -0.2) is 14.4 Å². The van der Waals surface area contributed by atoms with Crippen LogP contribution in [0.4, 0.5) is 23.6 Å². The zero-order valence-corrected chi connectivity index (χ0v) is 15.3. The van der Waals surface area contributed by atoms with Crippen molar-refractivity contribution >= 4 is 28.7 Å². The maximum absolute atomic E-state index is 14.0. The van der Waals surface area contributed by atoms with E-state index in [9.17, 15) is 17.6 Å². The molecule has 0 radical (unpaired) electrons. The average Bonchev–Trinajstić information content (AvgIpc) is 3.26. The Balaban J connectivity index is 1.65. The Kier molecular flexibility index (Phi) is 4.61. The number of fused-ring (bicyclic) bond motifs is 1. The number of nitrogens with zero attached hydrogens (tertiary/aromatic N) is 5. The first-order chi connectivity index (χ1) is 13.7. The van der Waals surface area contributed by atoms with Crippen LogP contribution in [-0.2, 0) is 6.18 Å². The number of benzene rings is 1. The molecule has 0 aliphatic carbocycles. The third-order valence-corrected chi connectivity index (χ3v) is 4.34. The van der Waals surface area contributed by atoms with Crippen LogP contribution in [0.1, 0.15) is 24.4 Å². The summed E-state index contributed by atoms with van der Waals surface area (Å²) in [6.07, 6.45) is -1.98. The summed E-state index contributed by atoms with van der Waals surface area (Å²) in [5.74, 6) is -0.352. The Morgan fingerprint density at radius 3 is 2.76 bits per heavy atom. The number of aromatic nitrogens is 5. The normalized spacial score (nSPS) is 13.0. The molecule has 1 N–H and O–H groups in total. The smallest absolute Gasteiger partial charge is 0.417 e. The van der Waals surface area contributed by atoms with E-state index in [1.165, 1.54) is 29.3 Å². The fourth-order valence-corrected chi connectivity index (χ4v) is 2.98. The van der Waals surface area contributed by atoms with Gasteiger partial charge in [0, 0.05) is 12.3 Å². The summed E-state index contributed by atoms with van der Waals surface area (Å²) >= 11 is 5.70. The first-order valence-electron chi connectivity index (χ1n) is 8.18. The highest BCUT2D eigenvalue weighted by Crippen LogP contribution is 2.37. The largest absolute Gasteiger partial charge is 0.423 e. The minimum Gasteiger partial charge on any atom is -0.423 e. The number of anilines is 1. The van der Waals surface area contributed by atoms with Gasteiger partial charge < -0.3 is 9.73 Å². The molecule has 0 unspecified atom stereocenters. The Morgan fingerprint density at radius 1 is 1.24 bits per heavy atom. The third kappa shape index (κ3) is 3.60. The zero-order chi connectivity index (χ0) is 20.8. The second-order valence-corrected chi connectivity index (χ2v) is 6.43. The lowest BCUT2D eigenvalue weighted by atomic mass is 10.2. The van der Waals surface area contributed by atoms with E-state index >= 15 is 0 Å². The first-order valence-corrected chi connectivity index (χ1v) is 8.56. The molecule has 0 amide bonds. The van der Waals surface area contributed by atoms with Crippen molar-refractivity contribution in [1.82, 2.24) is 24.7 Å². The van der Waals surface area contributed by atoms with Crippen LogP contribution in [0, 0.1) is 5.82 Å². The van der Waals surface area contributed by atoms with E-state index in [0.29, 0.717) is 5.82 Å². The van der Waals surface area contributed by atoms with Crippen molar-refractivity contribution in [1.29, 1.82) is 0 Å². The van der Waals surface area contributed by atoms with E-state index < -0.39 is 28.6 Å². The monoisotopic (exact) mass is 426 g/mol. The summed E-state index contributed by atoms with van der Waals surface area (Å²) in [6, 6.07) is 3.88. The van der Waals surface area contributed by atoms with Gasteiger partial charge in [0.25, 0.3) is 6.01 Å². The molecule has 4 rings (SSSR count). The van der Waals surface area contributed by atoms with Crippen LogP contribution in [0.25, 0.3) is 16.9 Å². The van der Waals surface area contributed by atoms with Crippen molar-refractivity contribution in [3.63, 3.8) is 0 Å². The molecule has 0 saturated carbocycles. The van der Waals surface area contributed by atoms with Gasteiger partial charge in [-0.15, -0.1) is 0 Å². The molecule has 0 spiro atoms. The fraction of sp³-hybridized carbons (Fsp3) is 0.176. The summed E-state index contributed by atoms with van der Waals surface area (Å²) in [6.45, 7) is 1.67. The number of hydrogen-bond donors (Lipinski definition) is 1. The molecular weight excluding hydrogens is 416 g/mol. The lowest BCUT2D eigenvalue weighted by molar-refractivity contribution is -0.137. The van der Waals surface area contributed by atoms with Crippen molar-refractivity contribution in [3.05, 3.63) is 59.0 Å². The van der Waals surface area contributed by atoms with Gasteiger partial charge in [0.05, 0.1) is 16.6 Å². The summed E-state index contributed by atoms with van der Waals surface area (Å²) in [7, 11) is 0. The molecule has 29 heavy (non-hydrogen) atoms. The Bertz CT molecular complexity index is 1190. The Hall–Kier alpha value is -3.21. The van der Waals surface area contributed by atoms with E-state index in [1.807, 2.05) is 0 Å². The van der Waals surface area contributed by atoms with Gasteiger partial charge >= 0.3 is 6.18 Å². The lowest BCUT2D eigenvalue weighted by Gasteiger charge is -2.12. The standard InChI is InChI=1S/C17H11ClF4N6O/c1-8(14-24-7-25-28(14)15-11(19)3-2-4-23-15)26-16-27-12-5-9(17(20,21)22)10(18)6-13(12)29-16/h2-8H,1H3,(H,26,27)/t8-/m0/s1. The van der Waals surface area contributed by atoms with Crippen LogP contribution in [0.2, 0.25) is 5.02 Å². The summed E-state index contributed by atoms with van der Waals surface area (Å²) in [5, 5.41) is 6.34. The topological polar surface area (TPSA) is 81.7 Å². The maximum Gasteiger partial charge on any atom is 0.417 e. The second-order valence-electron chi connectivity index (χ2n) is 6.02. The van der Waals surface area contributed by atoms with Gasteiger partial charge in [-0.3, -0.25) is 0 Å². The zero-order valence-electron chi connectivity index (χ0n) is 14.6. The fourth-order valence-electron chi connectivity index (χ4n) is 2.72. The minimum absolute atomic E-state index is 0.0198. The molecule has 1 aromatic carbocycles. The first kappa shape index (κ1) is 19.1. The van der Waals surface area contributed by atoms with Gasteiger partial charge in [0.15, 0.2) is 23.0 Å². The predicted molar refractivity (Wildman–Crippen MR) is 95.2 cm³/mol. The van der Waals surface area contributed by atoms with Crippen LogP contribution in [-0.4, -0.2) is 24.7 Å². The quantitative estimate of drug-likeness (QED) is 0.473. The highest BCUT2D eigenvalue weighted by Gasteiger charge is 2.34. The number of hydrogen-bond acceptors (Lipinski definition) is 6. The Labute approximate surface area is 165 Å². The second kappa shape index (κ2) is 6.99. The molecule has 150 valence electrons. The number of rotatable bonds is 4. The van der Waals surface area contributed by atoms with Crippen LogP contribution in [0.3, 0.4) is 0 Å². The summed E-state index contributed by atoms with van der Waals surface area (Å²) < 4.78 is 59.7. The molecule has 0 aliphatic rings. The molecule has 0 saturated heterocycles. The molecule has 4 aromatic rings. The number of nitrogens with one attached hydrogen (secondary N) is 1. The molecule has 12 heteroatoms. The van der Waals surface area contributed by atoms with E-state index in [0.717, 1.165) is 12.1 Å². The number of alkyl halides is 3. The van der Waals surface area contributed by atoms with Crippen LogP contribution in [0.15, 0.2) is 41.2 Å². The Morgan fingerprint density at radius 2 is 2.03 bits per heavy atom. The maximum atomic E-state index is 14.0. The van der Waals surface area contributed by atoms with E-state index in [4.69, 9.17) is 16.0 Å². The molecule has 3 aromatic heterocycles. The van der Waals surface area contributed by atoms with Crippen LogP contribution >= 0.6 is 11.6 Å². The molecule has 0 bridgehead atoms. The number of halogens is 5. The van der Waals surface area contributed by atoms with Gasteiger partial charge in [-0.2, -0.15) is 27.9 Å². The highest BCUT2D eigenvalue weighted by atomic mass is 35.5. The van der Waals surface area contributed by atoms with Crippen LogP contribution < -0.4 is 5.32 Å². The minimum atomic E-state index is -4.62. The van der Waals surface area contributed by atoms with Crippen molar-refractivity contribution in [2.24, 2.45) is 0 Å².